The molecule has 0 saturated carbocycles. The topological polar surface area (TPSA) is 0 Å². The molecule has 0 N–H and O–H groups in total. The van der Waals surface area contributed by atoms with Crippen molar-refractivity contribution < 1.29 is 66.6 Å². The van der Waals surface area contributed by atoms with Gasteiger partial charge in [-0.25, -0.2) is 0 Å². The van der Waals surface area contributed by atoms with Gasteiger partial charge in [0.1, 0.15) is 0 Å². The van der Waals surface area contributed by atoms with Gasteiger partial charge in [-0.15, -0.1) is 0 Å². The zero-order valence-electron chi connectivity index (χ0n) is 36.8. The van der Waals surface area contributed by atoms with Crippen LogP contribution in [0.5, 0.6) is 0 Å². The van der Waals surface area contributed by atoms with E-state index in [2.05, 4.69) is 243 Å². The maximum atomic E-state index is 2.50. The van der Waals surface area contributed by atoms with E-state index in [1.165, 1.54) is 33.4 Å². The van der Waals surface area contributed by atoms with Crippen LogP contribution in [0.4, 0.5) is 0 Å². The van der Waals surface area contributed by atoms with Crippen LogP contribution in [-0.2, 0) is 54.7 Å². The van der Waals surface area contributed by atoms with E-state index in [0.29, 0.717) is 0 Å². The zero-order valence-corrected chi connectivity index (χ0v) is 45.6. The normalized spacial score (nSPS) is 13.3. The molecule has 0 amide bonds. The van der Waals surface area contributed by atoms with Crippen LogP contribution in [0, 0.1) is 0 Å². The Morgan fingerprint density at radius 1 is 0.318 bits per heavy atom. The van der Waals surface area contributed by atoms with Crippen LogP contribution >= 0.6 is 0 Å². The number of rotatable bonds is 10. The van der Waals surface area contributed by atoms with E-state index in [4.69, 9.17) is 0 Å². The SMILES string of the molecule is C1=CC[C]([Zr+]([c]2cccc3c2Cc2ccccc2-3)[SiH](c2ccccc2)c2ccccc2)=C1.C1=CC[C]([Zr+]([c]2cccc3c2Cc2ccccc2-3)[SiH](c2ccccc2)c2ccccc2)=C1.[Cl-].[Cl-]. The van der Waals surface area contributed by atoms with Gasteiger partial charge in [0.05, 0.1) is 0 Å². The number of allylic oxidation sites excluding steroid dienone is 8. The Morgan fingerprint density at radius 2 is 0.636 bits per heavy atom. The summed E-state index contributed by atoms with van der Waals surface area (Å²) in [5.74, 6) is -2.78. The minimum atomic E-state index is -2.24. The first kappa shape index (κ1) is 46.6. The average molecular weight is 1080 g/mol. The molecule has 8 aromatic rings. The summed E-state index contributed by atoms with van der Waals surface area (Å²) in [4.78, 5) is 0. The number of benzene rings is 8. The van der Waals surface area contributed by atoms with Crippen molar-refractivity contribution in [2.24, 2.45) is 0 Å². The second kappa shape index (κ2) is 21.6. The van der Waals surface area contributed by atoms with E-state index >= 15 is 0 Å². The van der Waals surface area contributed by atoms with Crippen LogP contribution in [0.25, 0.3) is 22.3 Å². The maximum absolute atomic E-state index is 2.50. The van der Waals surface area contributed by atoms with Gasteiger partial charge in [-0.2, -0.15) is 0 Å². The predicted molar refractivity (Wildman–Crippen MR) is 271 cm³/mol. The Morgan fingerprint density at radius 3 is 0.970 bits per heavy atom. The molecule has 66 heavy (non-hydrogen) atoms. The maximum Gasteiger partial charge on any atom is -1.00 e. The van der Waals surface area contributed by atoms with E-state index in [9.17, 15) is 0 Å². The Bertz CT molecular complexity index is 2790. The quantitative estimate of drug-likeness (QED) is 0.183. The molecule has 4 aliphatic rings. The molecule has 0 atom stereocenters. The summed E-state index contributed by atoms with van der Waals surface area (Å²) in [6.07, 6.45) is 18.8. The number of halogens is 2. The smallest absolute Gasteiger partial charge is 1.00 e. The van der Waals surface area contributed by atoms with Gasteiger partial charge in [0.15, 0.2) is 0 Å². The molecule has 6 heteroatoms. The van der Waals surface area contributed by atoms with E-state index in [1.807, 2.05) is 0 Å². The predicted octanol–water partition coefficient (Wildman–Crippen LogP) is 3.77. The molecule has 0 heterocycles. The van der Waals surface area contributed by atoms with E-state index in [0.717, 1.165) is 25.7 Å². The van der Waals surface area contributed by atoms with Crippen molar-refractivity contribution in [3.8, 4) is 22.3 Å². The summed E-state index contributed by atoms with van der Waals surface area (Å²) >= 11 is -4.48. The fourth-order valence-corrected chi connectivity index (χ4v) is 56.7. The molecular formula is C60H50Cl2Si2Zr2. The summed E-state index contributed by atoms with van der Waals surface area (Å²) in [6, 6.07) is 78.3. The summed E-state index contributed by atoms with van der Waals surface area (Å²) in [5, 5.41) is 6.42. The minimum absolute atomic E-state index is 0. The van der Waals surface area contributed by atoms with Crippen LogP contribution < -0.4 is 52.1 Å². The molecule has 4 aliphatic carbocycles. The average Bonchev–Trinajstić information content (AvgIpc) is 4.21. The van der Waals surface area contributed by atoms with Crippen LogP contribution in [-0.4, -0.2) is 11.8 Å². The first-order valence-electron chi connectivity index (χ1n) is 22.9. The van der Waals surface area contributed by atoms with Gasteiger partial charge in [-0.3, -0.25) is 0 Å². The second-order valence-corrected chi connectivity index (χ2v) is 46.9. The van der Waals surface area contributed by atoms with Crippen molar-refractivity contribution in [1.82, 2.24) is 0 Å². The Hall–Kier alpha value is -4.50. The van der Waals surface area contributed by atoms with Gasteiger partial charge in [-0.05, 0) is 0 Å². The van der Waals surface area contributed by atoms with Crippen molar-refractivity contribution in [2.45, 2.75) is 25.7 Å². The van der Waals surface area contributed by atoms with Crippen molar-refractivity contribution >= 4 is 39.1 Å². The van der Waals surface area contributed by atoms with Gasteiger partial charge in [0, 0.05) is 0 Å². The molecule has 0 saturated heterocycles. The molecule has 0 unspecified atom stereocenters. The van der Waals surface area contributed by atoms with Crippen LogP contribution in [0.2, 0.25) is 0 Å². The summed E-state index contributed by atoms with van der Waals surface area (Å²) < 4.78 is 7.00. The summed E-state index contributed by atoms with van der Waals surface area (Å²) in [5.41, 5.74) is 12.1. The molecular weight excluding hydrogens is 1030 g/mol. The van der Waals surface area contributed by atoms with E-state index in [1.54, 1.807) is 45.0 Å². The summed E-state index contributed by atoms with van der Waals surface area (Å²) in [6.45, 7) is 0. The minimum Gasteiger partial charge on any atom is -1.00 e. The summed E-state index contributed by atoms with van der Waals surface area (Å²) in [7, 11) is 0. The van der Waals surface area contributed by atoms with Crippen LogP contribution in [0.15, 0.2) is 249 Å². The Balaban J connectivity index is 0.000000161. The Labute approximate surface area is 420 Å². The van der Waals surface area contributed by atoms with Crippen LogP contribution in [0.3, 0.4) is 0 Å². The molecule has 8 aromatic carbocycles. The first-order valence-corrected chi connectivity index (χ1v) is 39.8. The fourth-order valence-electron chi connectivity index (χ4n) is 10.8. The first-order chi connectivity index (χ1) is 31.8. The largest absolute Gasteiger partial charge is 1.00 e. The number of fused-ring (bicyclic) bond motifs is 6. The fraction of sp³-hybridized carbons (Fsp3) is 0.0667. The van der Waals surface area contributed by atoms with Gasteiger partial charge in [-0.1, -0.05) is 0 Å². The van der Waals surface area contributed by atoms with Crippen molar-refractivity contribution in [3.05, 3.63) is 272 Å². The van der Waals surface area contributed by atoms with Crippen molar-refractivity contribution in [2.75, 3.05) is 0 Å². The van der Waals surface area contributed by atoms with Gasteiger partial charge in [0.2, 0.25) is 0 Å². The third-order valence-corrected chi connectivity index (χ3v) is 55.8. The third-order valence-electron chi connectivity index (χ3n) is 13.6. The molecule has 0 fully saturated rings. The zero-order chi connectivity index (χ0) is 42.7. The van der Waals surface area contributed by atoms with Crippen molar-refractivity contribution in [1.29, 1.82) is 0 Å². The molecule has 0 radical (unpaired) electrons. The molecule has 0 nitrogen and oxygen atoms in total. The number of hydrogen-bond acceptors (Lipinski definition) is 0. The molecule has 0 aliphatic heterocycles. The van der Waals surface area contributed by atoms with Crippen molar-refractivity contribution in [3.63, 3.8) is 0 Å². The molecule has 0 bridgehead atoms. The van der Waals surface area contributed by atoms with Crippen LogP contribution in [0.1, 0.15) is 35.1 Å². The Kier molecular flexibility index (Phi) is 15.3. The van der Waals surface area contributed by atoms with Gasteiger partial charge >= 0.3 is 400 Å². The second-order valence-electron chi connectivity index (χ2n) is 17.3. The molecule has 0 spiro atoms. The number of hydrogen-bond donors (Lipinski definition) is 0. The molecule has 0 aromatic heterocycles. The monoisotopic (exact) mass is 1080 g/mol. The van der Waals surface area contributed by atoms with E-state index in [-0.39, 0.29) is 24.8 Å². The van der Waals surface area contributed by atoms with E-state index < -0.39 is 53.7 Å². The standard InChI is InChI=1S/2C13H9.2C12H11Si.2C5H5.2ClH.2Zr/c2*1-3-7-12-10(5-1)9-11-6-2-4-8-13(11)12;2*1-3-7-11(8-4-1)13-12-9-5-2-6-10-12;2*1-2-4-5-3-1;;;;/h2*1-5,7-8H,9H2;2*1-10,13H;2*1-3H,4H2;2*1H;;/q;;;;;;;;2*+1/p-2. The third kappa shape index (κ3) is 9.36. The molecule has 12 rings (SSSR count). The molecule has 320 valence electrons. The van der Waals surface area contributed by atoms with Gasteiger partial charge in [0.25, 0.3) is 0 Å². The van der Waals surface area contributed by atoms with Gasteiger partial charge < -0.3 is 24.8 Å².